The number of quaternary nitrogens is 1. The Labute approximate surface area is 411 Å². The molecule has 9 heteroatoms. The lowest BCUT2D eigenvalue weighted by Crippen LogP contribution is -2.37. The number of esters is 1. The molecule has 66 heavy (non-hydrogen) atoms. The van der Waals surface area contributed by atoms with Crippen LogP contribution in [0.15, 0.2) is 12.2 Å². The van der Waals surface area contributed by atoms with Gasteiger partial charge in [0.05, 0.1) is 34.4 Å². The molecule has 0 saturated carbocycles. The maximum Gasteiger partial charge on any atom is 0.306 e. The monoisotopic (exact) mass is 956 g/mol. The van der Waals surface area contributed by atoms with E-state index in [0.29, 0.717) is 24.1 Å². The molecule has 8 nitrogen and oxygen atoms in total. The first kappa shape index (κ1) is 65.2. The first-order valence-corrected chi connectivity index (χ1v) is 30.4. The second kappa shape index (κ2) is 50.6. The summed E-state index contributed by atoms with van der Waals surface area (Å²) in [4.78, 5) is 25.2. The number of allylic oxidation sites excluding steroid dienone is 2. The number of nitrogens with zero attached hydrogens (tertiary/aromatic N) is 1. The Morgan fingerprint density at radius 1 is 0.455 bits per heavy atom. The Kier molecular flexibility index (Phi) is 50.0. The van der Waals surface area contributed by atoms with Crippen LogP contribution in [0.25, 0.3) is 0 Å². The predicted octanol–water partition coefficient (Wildman–Crippen LogP) is 17.5. The lowest BCUT2D eigenvalue weighted by atomic mass is 10.0. The van der Waals surface area contributed by atoms with Gasteiger partial charge in [-0.15, -0.1) is 0 Å². The van der Waals surface area contributed by atoms with Crippen molar-refractivity contribution in [1.82, 2.24) is 0 Å². The molecule has 2 atom stereocenters. The molecule has 2 unspecified atom stereocenters. The quantitative estimate of drug-likeness (QED) is 0.0197. The van der Waals surface area contributed by atoms with Crippen LogP contribution < -0.4 is 4.89 Å². The van der Waals surface area contributed by atoms with E-state index >= 15 is 0 Å². The molecule has 0 rings (SSSR count). The van der Waals surface area contributed by atoms with E-state index in [1.807, 2.05) is 21.1 Å². The van der Waals surface area contributed by atoms with E-state index in [2.05, 4.69) is 26.0 Å². The van der Waals surface area contributed by atoms with E-state index in [-0.39, 0.29) is 25.8 Å². The highest BCUT2D eigenvalue weighted by Crippen LogP contribution is 2.38. The summed E-state index contributed by atoms with van der Waals surface area (Å²) in [5, 5.41) is 0. The Morgan fingerprint density at radius 2 is 0.788 bits per heavy atom. The molecule has 0 aromatic carbocycles. The van der Waals surface area contributed by atoms with Gasteiger partial charge in [0.15, 0.2) is 0 Å². The van der Waals surface area contributed by atoms with Crippen molar-refractivity contribution in [3.05, 3.63) is 12.2 Å². The van der Waals surface area contributed by atoms with Gasteiger partial charge in [0.1, 0.15) is 19.3 Å². The number of phosphoric ester groups is 1. The summed E-state index contributed by atoms with van der Waals surface area (Å²) in [7, 11) is 1.37. The van der Waals surface area contributed by atoms with Crippen molar-refractivity contribution in [2.75, 3.05) is 54.1 Å². The fourth-order valence-electron chi connectivity index (χ4n) is 8.60. The van der Waals surface area contributed by atoms with Gasteiger partial charge in [-0.3, -0.25) is 9.36 Å². The van der Waals surface area contributed by atoms with Gasteiger partial charge < -0.3 is 27.9 Å². The second-order valence-corrected chi connectivity index (χ2v) is 22.4. The van der Waals surface area contributed by atoms with Crippen molar-refractivity contribution in [3.63, 3.8) is 0 Å². The van der Waals surface area contributed by atoms with Crippen molar-refractivity contribution < 1.29 is 37.3 Å². The largest absolute Gasteiger partial charge is 0.756 e. The van der Waals surface area contributed by atoms with Crippen molar-refractivity contribution >= 4 is 13.8 Å². The average Bonchev–Trinajstić information content (AvgIpc) is 3.28. The lowest BCUT2D eigenvalue weighted by Gasteiger charge is -2.28. The van der Waals surface area contributed by atoms with Crippen LogP contribution >= 0.6 is 7.82 Å². The van der Waals surface area contributed by atoms with Gasteiger partial charge in [0, 0.05) is 13.0 Å². The average molecular weight is 957 g/mol. The standard InChI is InChI=1S/C57H114NO7P/c1-6-8-10-12-14-16-18-20-22-24-26-27-28-29-30-31-32-33-35-37-39-41-43-45-47-49-52-62-54-56(55-64-66(60,61)63-53-51-58(3,4)5)65-57(59)50-48-46-44-42-40-38-36-34-25-23-21-19-17-15-13-11-9-7-2/h23,25,56H,6-22,24,26-55H2,1-5H3/b25-23-. The van der Waals surface area contributed by atoms with E-state index in [9.17, 15) is 14.3 Å². The van der Waals surface area contributed by atoms with Crippen LogP contribution in [0.4, 0.5) is 0 Å². The number of hydrogen-bond acceptors (Lipinski definition) is 7. The Balaban J connectivity index is 4.00. The van der Waals surface area contributed by atoms with Crippen LogP contribution in [0.5, 0.6) is 0 Å². The molecule has 0 radical (unpaired) electrons. The van der Waals surface area contributed by atoms with E-state index in [0.717, 1.165) is 32.1 Å². The number of phosphoric acid groups is 1. The predicted molar refractivity (Wildman–Crippen MR) is 282 cm³/mol. The minimum Gasteiger partial charge on any atom is -0.756 e. The summed E-state index contributed by atoms with van der Waals surface area (Å²) in [6, 6.07) is 0. The van der Waals surface area contributed by atoms with Gasteiger partial charge in [-0.1, -0.05) is 257 Å². The van der Waals surface area contributed by atoms with Gasteiger partial charge >= 0.3 is 5.97 Å². The molecule has 0 bridgehead atoms. The molecular weight excluding hydrogens is 842 g/mol. The third kappa shape index (κ3) is 54.2. The second-order valence-electron chi connectivity index (χ2n) is 21.0. The molecule has 0 aromatic heterocycles. The van der Waals surface area contributed by atoms with Gasteiger partial charge in [-0.05, 0) is 38.5 Å². The third-order valence-corrected chi connectivity index (χ3v) is 14.0. The number of likely N-dealkylation sites (N-methyl/N-ethyl adjacent to an activating group) is 1. The van der Waals surface area contributed by atoms with Crippen molar-refractivity contribution in [1.29, 1.82) is 0 Å². The van der Waals surface area contributed by atoms with Crippen LogP contribution in [0.1, 0.15) is 290 Å². The first-order valence-electron chi connectivity index (χ1n) is 28.9. The molecule has 0 amide bonds. The molecule has 0 saturated heterocycles. The summed E-state index contributed by atoms with van der Waals surface area (Å²) in [6.07, 6.45) is 59.7. The fourth-order valence-corrected chi connectivity index (χ4v) is 9.33. The van der Waals surface area contributed by atoms with Crippen LogP contribution in [0.2, 0.25) is 0 Å². The molecule has 0 aromatic rings. The van der Waals surface area contributed by atoms with Gasteiger partial charge in [-0.2, -0.15) is 0 Å². The summed E-state index contributed by atoms with van der Waals surface area (Å²) in [5.41, 5.74) is 0. The number of hydrogen-bond donors (Lipinski definition) is 0. The highest BCUT2D eigenvalue weighted by atomic mass is 31.2. The van der Waals surface area contributed by atoms with Crippen LogP contribution in [-0.4, -0.2) is 70.7 Å². The minimum absolute atomic E-state index is 0.0290. The van der Waals surface area contributed by atoms with Crippen molar-refractivity contribution in [2.45, 2.75) is 296 Å². The summed E-state index contributed by atoms with van der Waals surface area (Å²) in [6.45, 7) is 5.48. The Bertz CT molecular complexity index is 1070. The number of carbonyl (C=O) groups excluding carboxylic acids is 1. The molecule has 0 aliphatic heterocycles. The van der Waals surface area contributed by atoms with E-state index in [1.54, 1.807) is 0 Å². The number of carbonyl (C=O) groups is 1. The Morgan fingerprint density at radius 3 is 1.15 bits per heavy atom. The number of rotatable bonds is 55. The van der Waals surface area contributed by atoms with E-state index < -0.39 is 13.9 Å². The van der Waals surface area contributed by atoms with Crippen LogP contribution in [-0.2, 0) is 27.9 Å². The summed E-state index contributed by atoms with van der Waals surface area (Å²) >= 11 is 0. The van der Waals surface area contributed by atoms with Crippen LogP contribution in [0.3, 0.4) is 0 Å². The van der Waals surface area contributed by atoms with Crippen molar-refractivity contribution in [3.8, 4) is 0 Å². The SMILES string of the molecule is CCCCCCCCC/C=C\CCCCCCCCCC(=O)OC(COCCCCCCCCCCCCCCCCCCCCCCCCCCCC)COP(=O)([O-])OCC[N+](C)(C)C. The third-order valence-electron chi connectivity index (χ3n) is 13.1. The zero-order valence-corrected chi connectivity index (χ0v) is 45.8. The number of ether oxygens (including phenoxy) is 2. The summed E-state index contributed by atoms with van der Waals surface area (Å²) in [5.74, 6) is -0.331. The molecule has 0 N–H and O–H groups in total. The topological polar surface area (TPSA) is 94.1 Å². The van der Waals surface area contributed by atoms with Crippen LogP contribution in [0, 0.1) is 0 Å². The molecule has 0 heterocycles. The van der Waals surface area contributed by atoms with Gasteiger partial charge in [0.25, 0.3) is 7.82 Å². The molecule has 0 fully saturated rings. The zero-order valence-electron chi connectivity index (χ0n) is 44.9. The molecule has 0 spiro atoms. The molecule has 0 aliphatic rings. The van der Waals surface area contributed by atoms with Crippen molar-refractivity contribution in [2.24, 2.45) is 0 Å². The fraction of sp³-hybridized carbons (Fsp3) is 0.947. The summed E-state index contributed by atoms with van der Waals surface area (Å²) < 4.78 is 34.8. The molecular formula is C57H114NO7P. The highest BCUT2D eigenvalue weighted by Gasteiger charge is 2.20. The maximum atomic E-state index is 12.8. The van der Waals surface area contributed by atoms with Gasteiger partial charge in [-0.25, -0.2) is 0 Å². The number of unbranched alkanes of at least 4 members (excludes halogenated alkanes) is 39. The Hall–Kier alpha value is -0.760. The highest BCUT2D eigenvalue weighted by molar-refractivity contribution is 7.45. The maximum absolute atomic E-state index is 12.8. The normalized spacial score (nSPS) is 13.5. The van der Waals surface area contributed by atoms with E-state index in [4.69, 9.17) is 18.5 Å². The van der Waals surface area contributed by atoms with E-state index in [1.165, 1.54) is 238 Å². The first-order chi connectivity index (χ1) is 32.1. The lowest BCUT2D eigenvalue weighted by molar-refractivity contribution is -0.870. The minimum atomic E-state index is -4.53. The molecule has 394 valence electrons. The zero-order chi connectivity index (χ0) is 48.3. The van der Waals surface area contributed by atoms with Gasteiger partial charge in [0.2, 0.25) is 0 Å². The molecule has 0 aliphatic carbocycles. The smallest absolute Gasteiger partial charge is 0.306 e.